The molecule has 55 heavy (non-hydrogen) atoms. The summed E-state index contributed by atoms with van der Waals surface area (Å²) in [6.07, 6.45) is 4.25. The summed E-state index contributed by atoms with van der Waals surface area (Å²) in [4.78, 5) is 0. The van der Waals surface area contributed by atoms with Crippen LogP contribution in [0.25, 0.3) is 0 Å². The van der Waals surface area contributed by atoms with Crippen molar-refractivity contribution in [3.05, 3.63) is 71.8 Å². The fraction of sp³-hybridized carbons (Fsp3) is 0.733. The van der Waals surface area contributed by atoms with Gasteiger partial charge in [-0.25, -0.2) is 0 Å². The van der Waals surface area contributed by atoms with Gasteiger partial charge in [0.2, 0.25) is 5.79 Å². The van der Waals surface area contributed by atoms with E-state index in [4.69, 9.17) is 42.3 Å². The highest BCUT2D eigenvalue weighted by Crippen LogP contribution is 2.44. The van der Waals surface area contributed by atoms with Gasteiger partial charge in [-0.1, -0.05) is 88.4 Å². The van der Waals surface area contributed by atoms with E-state index in [1.54, 1.807) is 0 Å². The van der Waals surface area contributed by atoms with Gasteiger partial charge in [-0.15, -0.1) is 0 Å². The summed E-state index contributed by atoms with van der Waals surface area (Å²) in [5.41, 5.74) is 1.97. The Morgan fingerprint density at radius 3 is 1.44 bits per heavy atom. The summed E-state index contributed by atoms with van der Waals surface area (Å²) in [7, 11) is -1.87. The fourth-order valence-electron chi connectivity index (χ4n) is 8.62. The zero-order valence-electron chi connectivity index (χ0n) is 35.7. The molecule has 9 nitrogen and oxygen atoms in total. The van der Waals surface area contributed by atoms with Crippen molar-refractivity contribution >= 4 is 8.32 Å². The molecule has 0 bridgehead atoms. The minimum absolute atomic E-state index is 0.00112. The summed E-state index contributed by atoms with van der Waals surface area (Å²) in [6, 6.07) is 20.4. The molecule has 4 aliphatic heterocycles. The summed E-state index contributed by atoms with van der Waals surface area (Å²) >= 11 is 0. The Labute approximate surface area is 332 Å². The number of hydrogen-bond acceptors (Lipinski definition) is 9. The third-order valence-electron chi connectivity index (χ3n) is 12.1. The second-order valence-electron chi connectivity index (χ2n) is 19.4. The Bertz CT molecular complexity index is 1480. The Balaban J connectivity index is 1.07. The third-order valence-corrected chi connectivity index (χ3v) is 16.6. The Morgan fingerprint density at radius 2 is 1.00 bits per heavy atom. The molecular weight excluding hydrogens is 713 g/mol. The molecule has 0 radical (unpaired) electrons. The summed E-state index contributed by atoms with van der Waals surface area (Å²) in [5.74, 6) is -2.87. The van der Waals surface area contributed by atoms with Crippen LogP contribution in [-0.2, 0) is 48.1 Å². The summed E-state index contributed by atoms with van der Waals surface area (Å²) < 4.78 is 59.4. The van der Waals surface area contributed by atoms with Crippen molar-refractivity contribution in [3.8, 4) is 0 Å². The maximum atomic E-state index is 6.86. The van der Waals surface area contributed by atoms with E-state index in [-0.39, 0.29) is 53.7 Å². The molecular formula is C45H70O9Si. The average Bonchev–Trinajstić information content (AvgIpc) is 3.50. The number of ether oxygens (including phenoxy) is 8. The van der Waals surface area contributed by atoms with E-state index < -0.39 is 31.5 Å². The third kappa shape index (κ3) is 10.9. The number of benzene rings is 2. The molecule has 0 spiro atoms. The van der Waals surface area contributed by atoms with Crippen molar-refractivity contribution in [2.45, 2.75) is 192 Å². The molecule has 4 aliphatic rings. The summed E-state index contributed by atoms with van der Waals surface area (Å²) in [5, 5.41) is 0.165. The molecule has 0 aliphatic carbocycles. The molecule has 4 saturated heterocycles. The standard InChI is InChI=1S/C45H70O9Si/c1-31(29-47-55(11,12)41(2,3)4)40-28-38(52-44(9,10)54-40)26-36-24-34(48-42(5,6)50-36)23-35-25-37(51-43(7,8)49-35)27-39-30-46-45(53-39,32-19-15-13-16-20-32)33-21-17-14-18-22-33/h13-22,31,34-40H,23-30H2,1-12H3/t31-,34-,35-,36+,37+,38+,39+,40+/m0/s1. The van der Waals surface area contributed by atoms with E-state index in [9.17, 15) is 0 Å². The van der Waals surface area contributed by atoms with E-state index >= 15 is 0 Å². The lowest BCUT2D eigenvalue weighted by molar-refractivity contribution is -0.337. The molecule has 4 heterocycles. The van der Waals surface area contributed by atoms with Gasteiger partial charge in [-0.2, -0.15) is 0 Å². The van der Waals surface area contributed by atoms with Crippen LogP contribution in [0.5, 0.6) is 0 Å². The van der Waals surface area contributed by atoms with Gasteiger partial charge in [0.25, 0.3) is 0 Å². The fourth-order valence-corrected chi connectivity index (χ4v) is 9.73. The first-order chi connectivity index (χ1) is 25.6. The molecule has 2 aromatic carbocycles. The van der Waals surface area contributed by atoms with E-state index in [0.717, 1.165) is 43.2 Å². The Morgan fingerprint density at radius 1 is 0.600 bits per heavy atom. The summed E-state index contributed by atoms with van der Waals surface area (Å²) in [6.45, 7) is 27.0. The molecule has 0 unspecified atom stereocenters. The van der Waals surface area contributed by atoms with Gasteiger partial charge < -0.3 is 42.3 Å². The molecule has 308 valence electrons. The molecule has 2 aromatic rings. The largest absolute Gasteiger partial charge is 0.416 e. The van der Waals surface area contributed by atoms with Gasteiger partial charge in [0.15, 0.2) is 25.7 Å². The molecule has 0 saturated carbocycles. The quantitative estimate of drug-likeness (QED) is 0.196. The van der Waals surface area contributed by atoms with E-state index in [1.807, 2.05) is 77.9 Å². The zero-order chi connectivity index (χ0) is 39.9. The minimum atomic E-state index is -1.87. The van der Waals surface area contributed by atoms with Crippen molar-refractivity contribution in [3.63, 3.8) is 0 Å². The molecule has 0 aromatic heterocycles. The average molecular weight is 783 g/mol. The predicted octanol–water partition coefficient (Wildman–Crippen LogP) is 9.86. The topological polar surface area (TPSA) is 83.1 Å². The van der Waals surface area contributed by atoms with E-state index in [0.29, 0.717) is 19.6 Å². The molecule has 4 fully saturated rings. The first-order valence-corrected chi connectivity index (χ1v) is 23.7. The van der Waals surface area contributed by atoms with Gasteiger partial charge >= 0.3 is 0 Å². The smallest absolute Gasteiger partial charge is 0.222 e. The van der Waals surface area contributed by atoms with Gasteiger partial charge in [-0.3, -0.25) is 0 Å². The van der Waals surface area contributed by atoms with Crippen molar-refractivity contribution in [2.75, 3.05) is 13.2 Å². The number of rotatable bonds is 12. The van der Waals surface area contributed by atoms with Crippen molar-refractivity contribution in [1.82, 2.24) is 0 Å². The lowest BCUT2D eigenvalue weighted by atomic mass is 9.91. The predicted molar refractivity (Wildman–Crippen MR) is 216 cm³/mol. The Hall–Kier alpha value is -1.70. The van der Waals surface area contributed by atoms with E-state index in [1.165, 1.54) is 0 Å². The maximum Gasteiger partial charge on any atom is 0.222 e. The highest BCUT2D eigenvalue weighted by Gasteiger charge is 2.48. The highest BCUT2D eigenvalue weighted by atomic mass is 28.4. The first kappa shape index (κ1) is 42.9. The number of hydrogen-bond donors (Lipinski definition) is 0. The SMILES string of the molecule is C[C@@H](CO[Si](C)(C)C(C)(C)C)[C@H]1C[C@@H](C[C@H]2C[C@H](C[C@H]3C[C@H](C[C@@H]4COC(c5ccccc5)(c5ccccc5)O4)OC(C)(C)O3)OC(C)(C)O2)OC(C)(C)O1. The van der Waals surface area contributed by atoms with Gasteiger partial charge in [-0.05, 0) is 59.7 Å². The molecule has 0 amide bonds. The highest BCUT2D eigenvalue weighted by molar-refractivity contribution is 6.74. The minimum Gasteiger partial charge on any atom is -0.416 e. The van der Waals surface area contributed by atoms with Gasteiger partial charge in [0.1, 0.15) is 0 Å². The van der Waals surface area contributed by atoms with Crippen LogP contribution in [0, 0.1) is 5.92 Å². The molecule has 6 rings (SSSR count). The van der Waals surface area contributed by atoms with Crippen LogP contribution in [0.1, 0.15) is 119 Å². The van der Waals surface area contributed by atoms with Crippen LogP contribution in [0.15, 0.2) is 60.7 Å². The zero-order valence-corrected chi connectivity index (χ0v) is 36.7. The lowest BCUT2D eigenvalue weighted by Crippen LogP contribution is -2.52. The molecule has 10 heteroatoms. The molecule has 0 N–H and O–H groups in total. The van der Waals surface area contributed by atoms with Crippen molar-refractivity contribution in [1.29, 1.82) is 0 Å². The normalized spacial score (nSPS) is 32.5. The van der Waals surface area contributed by atoms with Crippen LogP contribution in [0.3, 0.4) is 0 Å². The van der Waals surface area contributed by atoms with Crippen molar-refractivity contribution in [2.24, 2.45) is 5.92 Å². The van der Waals surface area contributed by atoms with Crippen LogP contribution < -0.4 is 0 Å². The lowest BCUT2D eigenvalue weighted by Gasteiger charge is -2.47. The van der Waals surface area contributed by atoms with Gasteiger partial charge in [0, 0.05) is 62.2 Å². The van der Waals surface area contributed by atoms with Crippen LogP contribution in [0.4, 0.5) is 0 Å². The van der Waals surface area contributed by atoms with Gasteiger partial charge in [0.05, 0.1) is 49.3 Å². The van der Waals surface area contributed by atoms with Crippen molar-refractivity contribution < 1.29 is 42.3 Å². The van der Waals surface area contributed by atoms with Crippen LogP contribution in [-0.4, -0.2) is 81.6 Å². The van der Waals surface area contributed by atoms with E-state index in [2.05, 4.69) is 65.1 Å². The Kier molecular flexibility index (Phi) is 12.9. The monoisotopic (exact) mass is 782 g/mol. The first-order valence-electron chi connectivity index (χ1n) is 20.8. The second-order valence-corrected chi connectivity index (χ2v) is 24.2. The van der Waals surface area contributed by atoms with Crippen LogP contribution >= 0.6 is 0 Å². The van der Waals surface area contributed by atoms with Crippen LogP contribution in [0.2, 0.25) is 18.1 Å². The maximum absolute atomic E-state index is 6.86. The molecule has 8 atom stereocenters. The second kappa shape index (κ2) is 16.5.